The maximum absolute atomic E-state index is 10.0. The summed E-state index contributed by atoms with van der Waals surface area (Å²) >= 11 is 1.92. The molecule has 0 spiro atoms. The summed E-state index contributed by atoms with van der Waals surface area (Å²) in [6, 6.07) is 0. The Balaban J connectivity index is 2.21. The van der Waals surface area contributed by atoms with Crippen LogP contribution in [0.5, 0.6) is 0 Å². The third-order valence-corrected chi connectivity index (χ3v) is 4.35. The number of hydrogen-bond donors (Lipinski definition) is 1. The molecule has 1 aliphatic rings. The van der Waals surface area contributed by atoms with Crippen LogP contribution >= 0.6 is 11.8 Å². The van der Waals surface area contributed by atoms with Crippen LogP contribution in [0.1, 0.15) is 46.0 Å². The Hall–Kier alpha value is 0.310. The van der Waals surface area contributed by atoms with Gasteiger partial charge in [0.1, 0.15) is 0 Å². The van der Waals surface area contributed by atoms with Gasteiger partial charge in [0.2, 0.25) is 0 Å². The maximum atomic E-state index is 10.0. The van der Waals surface area contributed by atoms with Gasteiger partial charge in [-0.2, -0.15) is 11.8 Å². The largest absolute Gasteiger partial charge is 0.389 e. The number of thioether (sulfide) groups is 1. The summed E-state index contributed by atoms with van der Waals surface area (Å²) in [5.74, 6) is 0.946. The minimum absolute atomic E-state index is 0.311. The first-order chi connectivity index (χ1) is 5.66. The minimum Gasteiger partial charge on any atom is -0.389 e. The lowest BCUT2D eigenvalue weighted by Gasteiger charge is -2.23. The molecule has 0 heterocycles. The van der Waals surface area contributed by atoms with Crippen LogP contribution in [0.4, 0.5) is 0 Å². The van der Waals surface area contributed by atoms with E-state index in [1.165, 1.54) is 19.3 Å². The van der Waals surface area contributed by atoms with Crippen LogP contribution < -0.4 is 0 Å². The third kappa shape index (κ3) is 2.98. The SMILES string of the molecule is CCC(C)SCC1(O)CCCC1. The average Bonchev–Trinajstić information content (AvgIpc) is 2.49. The van der Waals surface area contributed by atoms with Gasteiger partial charge >= 0.3 is 0 Å². The summed E-state index contributed by atoms with van der Waals surface area (Å²) < 4.78 is 0. The second-order valence-electron chi connectivity index (χ2n) is 3.96. The molecule has 0 aromatic rings. The zero-order valence-electron chi connectivity index (χ0n) is 8.18. The second kappa shape index (κ2) is 4.52. The van der Waals surface area contributed by atoms with Gasteiger partial charge in [-0.1, -0.05) is 26.7 Å². The molecule has 2 heteroatoms. The first-order valence-corrected chi connectivity index (χ1v) is 6.05. The molecular weight excluding hydrogens is 168 g/mol. The van der Waals surface area contributed by atoms with E-state index >= 15 is 0 Å². The van der Waals surface area contributed by atoms with Gasteiger partial charge in [0.05, 0.1) is 5.60 Å². The molecule has 72 valence electrons. The van der Waals surface area contributed by atoms with Crippen molar-refractivity contribution in [3.8, 4) is 0 Å². The molecule has 12 heavy (non-hydrogen) atoms. The molecule has 0 aliphatic heterocycles. The van der Waals surface area contributed by atoms with E-state index in [0.717, 1.165) is 18.6 Å². The van der Waals surface area contributed by atoms with Crippen molar-refractivity contribution in [2.24, 2.45) is 0 Å². The number of rotatable bonds is 4. The van der Waals surface area contributed by atoms with Gasteiger partial charge in [0.15, 0.2) is 0 Å². The van der Waals surface area contributed by atoms with Crippen molar-refractivity contribution >= 4 is 11.8 Å². The van der Waals surface area contributed by atoms with Crippen LogP contribution in [0.25, 0.3) is 0 Å². The van der Waals surface area contributed by atoms with Crippen LogP contribution in [0.2, 0.25) is 0 Å². The van der Waals surface area contributed by atoms with Gasteiger partial charge in [-0.3, -0.25) is 0 Å². The lowest BCUT2D eigenvalue weighted by Crippen LogP contribution is -2.28. The van der Waals surface area contributed by atoms with Crippen molar-refractivity contribution in [3.63, 3.8) is 0 Å². The maximum Gasteiger partial charge on any atom is 0.0737 e. The Bertz CT molecular complexity index is 130. The van der Waals surface area contributed by atoms with Crippen LogP contribution in [0, 0.1) is 0 Å². The van der Waals surface area contributed by atoms with E-state index in [1.807, 2.05) is 11.8 Å². The van der Waals surface area contributed by atoms with E-state index in [0.29, 0.717) is 5.25 Å². The summed E-state index contributed by atoms with van der Waals surface area (Å²) in [6.45, 7) is 4.44. The normalized spacial score (nSPS) is 24.2. The predicted octanol–water partition coefficient (Wildman–Crippen LogP) is 2.82. The Labute approximate surface area is 79.9 Å². The summed E-state index contributed by atoms with van der Waals surface area (Å²) in [5.41, 5.74) is -0.311. The molecule has 1 N–H and O–H groups in total. The highest BCUT2D eigenvalue weighted by Gasteiger charge is 2.31. The van der Waals surface area contributed by atoms with Crippen molar-refractivity contribution in [1.29, 1.82) is 0 Å². The lowest BCUT2D eigenvalue weighted by molar-refractivity contribution is 0.0731. The molecule has 0 aromatic heterocycles. The molecule has 0 saturated heterocycles. The summed E-state index contributed by atoms with van der Waals surface area (Å²) in [5, 5.41) is 10.7. The molecule has 1 saturated carbocycles. The van der Waals surface area contributed by atoms with Crippen LogP contribution in [-0.4, -0.2) is 21.7 Å². The van der Waals surface area contributed by atoms with Gasteiger partial charge < -0.3 is 5.11 Å². The first kappa shape index (κ1) is 10.4. The van der Waals surface area contributed by atoms with Gasteiger partial charge in [-0.15, -0.1) is 0 Å². The summed E-state index contributed by atoms with van der Waals surface area (Å²) in [7, 11) is 0. The van der Waals surface area contributed by atoms with E-state index in [1.54, 1.807) is 0 Å². The first-order valence-electron chi connectivity index (χ1n) is 5.00. The van der Waals surface area contributed by atoms with Gasteiger partial charge in [-0.05, 0) is 19.3 Å². The highest BCUT2D eigenvalue weighted by Crippen LogP contribution is 2.33. The van der Waals surface area contributed by atoms with Crippen molar-refractivity contribution in [2.75, 3.05) is 5.75 Å². The van der Waals surface area contributed by atoms with Crippen LogP contribution in [-0.2, 0) is 0 Å². The summed E-state index contributed by atoms with van der Waals surface area (Å²) in [4.78, 5) is 0. The van der Waals surface area contributed by atoms with Crippen molar-refractivity contribution in [1.82, 2.24) is 0 Å². The standard InChI is InChI=1S/C10H20OS/c1-3-9(2)12-8-10(11)6-4-5-7-10/h9,11H,3-8H2,1-2H3. The molecule has 0 bridgehead atoms. The van der Waals surface area contributed by atoms with Crippen molar-refractivity contribution in [2.45, 2.75) is 56.8 Å². The van der Waals surface area contributed by atoms with E-state index in [4.69, 9.17) is 0 Å². The van der Waals surface area contributed by atoms with E-state index in [2.05, 4.69) is 13.8 Å². The molecule has 1 unspecified atom stereocenters. The average molecular weight is 188 g/mol. The Morgan fingerprint density at radius 2 is 2.00 bits per heavy atom. The highest BCUT2D eigenvalue weighted by atomic mass is 32.2. The number of hydrogen-bond acceptors (Lipinski definition) is 2. The van der Waals surface area contributed by atoms with Gasteiger partial charge in [0.25, 0.3) is 0 Å². The van der Waals surface area contributed by atoms with Gasteiger partial charge in [-0.25, -0.2) is 0 Å². The van der Waals surface area contributed by atoms with Crippen LogP contribution in [0.3, 0.4) is 0 Å². The van der Waals surface area contributed by atoms with E-state index in [-0.39, 0.29) is 5.60 Å². The highest BCUT2D eigenvalue weighted by molar-refractivity contribution is 7.99. The molecule has 0 amide bonds. The third-order valence-electron chi connectivity index (χ3n) is 2.75. The fourth-order valence-electron chi connectivity index (χ4n) is 1.59. The van der Waals surface area contributed by atoms with Crippen molar-refractivity contribution in [3.05, 3.63) is 0 Å². The number of aliphatic hydroxyl groups is 1. The van der Waals surface area contributed by atoms with Crippen LogP contribution in [0.15, 0.2) is 0 Å². The Morgan fingerprint density at radius 3 is 2.50 bits per heavy atom. The topological polar surface area (TPSA) is 20.2 Å². The molecule has 0 radical (unpaired) electrons. The Morgan fingerprint density at radius 1 is 1.42 bits per heavy atom. The molecule has 1 fully saturated rings. The smallest absolute Gasteiger partial charge is 0.0737 e. The molecular formula is C10H20OS. The Kier molecular flexibility index (Phi) is 3.91. The molecule has 1 rings (SSSR count). The second-order valence-corrected chi connectivity index (χ2v) is 5.39. The van der Waals surface area contributed by atoms with Gasteiger partial charge in [0, 0.05) is 11.0 Å². The minimum atomic E-state index is -0.311. The molecule has 0 aromatic carbocycles. The quantitative estimate of drug-likeness (QED) is 0.732. The van der Waals surface area contributed by atoms with E-state index < -0.39 is 0 Å². The molecule has 1 nitrogen and oxygen atoms in total. The fraction of sp³-hybridized carbons (Fsp3) is 1.00. The molecule has 1 atom stereocenters. The molecule has 1 aliphatic carbocycles. The predicted molar refractivity (Wildman–Crippen MR) is 55.6 cm³/mol. The van der Waals surface area contributed by atoms with E-state index in [9.17, 15) is 5.11 Å². The zero-order valence-corrected chi connectivity index (χ0v) is 8.99. The zero-order chi connectivity index (χ0) is 9.03. The fourth-order valence-corrected chi connectivity index (χ4v) is 2.71. The summed E-state index contributed by atoms with van der Waals surface area (Å²) in [6.07, 6.45) is 5.70. The van der Waals surface area contributed by atoms with Crippen molar-refractivity contribution < 1.29 is 5.11 Å². The lowest BCUT2D eigenvalue weighted by atomic mass is 10.1. The monoisotopic (exact) mass is 188 g/mol.